The highest BCUT2D eigenvalue weighted by molar-refractivity contribution is 5.74. The van der Waals surface area contributed by atoms with Crippen LogP contribution >= 0.6 is 0 Å². The van der Waals surface area contributed by atoms with Gasteiger partial charge >= 0.3 is 6.03 Å². The molecule has 1 aromatic carbocycles. The number of nitrogens with zero attached hydrogens (tertiary/aromatic N) is 3. The molecule has 2 aliphatic rings. The van der Waals surface area contributed by atoms with Crippen LogP contribution in [0, 0.1) is 6.92 Å². The number of fused-ring (bicyclic) bond motifs is 1. The maximum atomic E-state index is 12.6. The van der Waals surface area contributed by atoms with Crippen molar-refractivity contribution in [3.8, 4) is 0 Å². The van der Waals surface area contributed by atoms with Crippen molar-refractivity contribution in [1.82, 2.24) is 20.4 Å². The van der Waals surface area contributed by atoms with Gasteiger partial charge in [0.1, 0.15) is 0 Å². The van der Waals surface area contributed by atoms with Gasteiger partial charge in [-0.3, -0.25) is 0 Å². The number of hydrogen-bond acceptors (Lipinski definition) is 4. The number of aromatic nitrogens is 2. The van der Waals surface area contributed by atoms with E-state index in [1.807, 2.05) is 4.90 Å². The minimum absolute atomic E-state index is 0.0622. The van der Waals surface area contributed by atoms with Gasteiger partial charge in [0.25, 0.3) is 0 Å². The standard InChI is InChI=1S/C19H24N4O2/c1-13-20-18(22-25-13)15-8-10-23(11-9-15)19(24)21-17-7-6-14-4-2-3-5-16(14)12-17/h2-5,15,17H,6-12H2,1H3,(H,21,24)/t17-/m1/s1. The molecule has 1 aliphatic carbocycles. The second-order valence-corrected chi connectivity index (χ2v) is 7.09. The van der Waals surface area contributed by atoms with Crippen molar-refractivity contribution in [2.45, 2.75) is 51.0 Å². The lowest BCUT2D eigenvalue weighted by molar-refractivity contribution is 0.175. The van der Waals surface area contributed by atoms with Crippen LogP contribution in [-0.4, -0.2) is 40.2 Å². The Morgan fingerprint density at radius 3 is 2.68 bits per heavy atom. The maximum absolute atomic E-state index is 12.6. The fraction of sp³-hybridized carbons (Fsp3) is 0.526. The summed E-state index contributed by atoms with van der Waals surface area (Å²) in [4.78, 5) is 18.8. The molecule has 0 radical (unpaired) electrons. The van der Waals surface area contributed by atoms with Gasteiger partial charge in [0, 0.05) is 32.0 Å². The van der Waals surface area contributed by atoms with Crippen LogP contribution in [0.15, 0.2) is 28.8 Å². The topological polar surface area (TPSA) is 71.3 Å². The second kappa shape index (κ2) is 6.86. The summed E-state index contributed by atoms with van der Waals surface area (Å²) in [6.07, 6.45) is 4.77. The number of carbonyl (C=O) groups excluding carboxylic acids is 1. The van der Waals surface area contributed by atoms with Crippen molar-refractivity contribution < 1.29 is 9.32 Å². The third-order valence-corrected chi connectivity index (χ3v) is 5.37. The number of hydrogen-bond donors (Lipinski definition) is 1. The van der Waals surface area contributed by atoms with Crippen LogP contribution in [0.25, 0.3) is 0 Å². The van der Waals surface area contributed by atoms with Crippen molar-refractivity contribution >= 4 is 6.03 Å². The molecule has 2 amide bonds. The maximum Gasteiger partial charge on any atom is 0.317 e. The Bertz CT molecular complexity index is 749. The van der Waals surface area contributed by atoms with Crippen LogP contribution < -0.4 is 5.32 Å². The number of urea groups is 1. The van der Waals surface area contributed by atoms with E-state index in [0.717, 1.165) is 51.0 Å². The van der Waals surface area contributed by atoms with E-state index in [0.29, 0.717) is 11.8 Å². The Morgan fingerprint density at radius 2 is 1.96 bits per heavy atom. The highest BCUT2D eigenvalue weighted by Gasteiger charge is 2.28. The normalized spacial score (nSPS) is 21.0. The molecular weight excluding hydrogens is 316 g/mol. The molecule has 1 atom stereocenters. The molecule has 0 unspecified atom stereocenters. The molecule has 2 aromatic rings. The van der Waals surface area contributed by atoms with Crippen molar-refractivity contribution in [2.75, 3.05) is 13.1 Å². The number of amides is 2. The van der Waals surface area contributed by atoms with Crippen LogP contribution in [-0.2, 0) is 12.8 Å². The molecule has 6 heteroatoms. The Kier molecular flexibility index (Phi) is 4.42. The van der Waals surface area contributed by atoms with Gasteiger partial charge < -0.3 is 14.7 Å². The van der Waals surface area contributed by atoms with Gasteiger partial charge in [-0.2, -0.15) is 4.98 Å². The summed E-state index contributed by atoms with van der Waals surface area (Å²) >= 11 is 0. The fourth-order valence-corrected chi connectivity index (χ4v) is 3.91. The SMILES string of the molecule is Cc1nc(C2CCN(C(=O)N[C@@H]3CCc4ccccc4C3)CC2)no1. The van der Waals surface area contributed by atoms with Gasteiger partial charge in [-0.25, -0.2) is 4.79 Å². The minimum atomic E-state index is 0.0622. The van der Waals surface area contributed by atoms with Crippen molar-refractivity contribution in [3.63, 3.8) is 0 Å². The lowest BCUT2D eigenvalue weighted by Gasteiger charge is -2.33. The van der Waals surface area contributed by atoms with E-state index in [2.05, 4.69) is 39.7 Å². The summed E-state index contributed by atoms with van der Waals surface area (Å²) in [6, 6.07) is 8.83. The molecule has 0 spiro atoms. The van der Waals surface area contributed by atoms with Gasteiger partial charge in [-0.15, -0.1) is 0 Å². The predicted octanol–water partition coefficient (Wildman–Crippen LogP) is 2.82. The van der Waals surface area contributed by atoms with Gasteiger partial charge in [-0.05, 0) is 43.2 Å². The summed E-state index contributed by atoms with van der Waals surface area (Å²) < 4.78 is 5.07. The highest BCUT2D eigenvalue weighted by atomic mass is 16.5. The fourth-order valence-electron chi connectivity index (χ4n) is 3.91. The summed E-state index contributed by atoms with van der Waals surface area (Å²) in [7, 11) is 0. The number of benzene rings is 1. The lowest BCUT2D eigenvalue weighted by Crippen LogP contribution is -2.49. The average Bonchev–Trinajstić information content (AvgIpc) is 3.08. The second-order valence-electron chi connectivity index (χ2n) is 7.09. The molecule has 0 saturated carbocycles. The first-order valence-electron chi connectivity index (χ1n) is 9.11. The van der Waals surface area contributed by atoms with Crippen molar-refractivity contribution in [1.29, 1.82) is 0 Å². The molecular formula is C19H24N4O2. The molecule has 1 fully saturated rings. The third-order valence-electron chi connectivity index (χ3n) is 5.37. The number of nitrogens with one attached hydrogen (secondary N) is 1. The third kappa shape index (κ3) is 3.52. The van der Waals surface area contributed by atoms with Crippen LogP contribution in [0.1, 0.15) is 48.0 Å². The molecule has 0 bridgehead atoms. The minimum Gasteiger partial charge on any atom is -0.340 e. The highest BCUT2D eigenvalue weighted by Crippen LogP contribution is 2.26. The number of piperidine rings is 1. The molecule has 6 nitrogen and oxygen atoms in total. The zero-order chi connectivity index (χ0) is 17.2. The Balaban J connectivity index is 1.30. The van der Waals surface area contributed by atoms with E-state index in [1.165, 1.54) is 11.1 Å². The monoisotopic (exact) mass is 340 g/mol. The van der Waals surface area contributed by atoms with Crippen molar-refractivity contribution in [2.24, 2.45) is 0 Å². The molecule has 132 valence electrons. The van der Waals surface area contributed by atoms with Crippen LogP contribution in [0.2, 0.25) is 0 Å². The summed E-state index contributed by atoms with van der Waals surface area (Å²) in [5.41, 5.74) is 2.79. The van der Waals surface area contributed by atoms with Gasteiger partial charge in [0.15, 0.2) is 5.82 Å². The molecule has 4 rings (SSSR count). The van der Waals surface area contributed by atoms with E-state index < -0.39 is 0 Å². The molecule has 1 N–H and O–H groups in total. The average molecular weight is 340 g/mol. The largest absolute Gasteiger partial charge is 0.340 e. The summed E-state index contributed by atoms with van der Waals surface area (Å²) in [5.74, 6) is 1.68. The Morgan fingerprint density at radius 1 is 1.20 bits per heavy atom. The number of rotatable bonds is 2. The molecule has 1 saturated heterocycles. The van der Waals surface area contributed by atoms with Crippen molar-refractivity contribution in [3.05, 3.63) is 47.1 Å². The molecule has 1 aliphatic heterocycles. The quantitative estimate of drug-likeness (QED) is 0.912. The first kappa shape index (κ1) is 16.1. The molecule has 25 heavy (non-hydrogen) atoms. The first-order valence-corrected chi connectivity index (χ1v) is 9.11. The van der Waals surface area contributed by atoms with E-state index in [1.54, 1.807) is 6.92 Å². The Labute approximate surface area is 147 Å². The Hall–Kier alpha value is -2.37. The molecule has 2 heterocycles. The van der Waals surface area contributed by atoms with E-state index in [-0.39, 0.29) is 12.1 Å². The number of likely N-dealkylation sites (tertiary alicyclic amines) is 1. The summed E-state index contributed by atoms with van der Waals surface area (Å²) in [6.45, 7) is 3.29. The van der Waals surface area contributed by atoms with Crippen LogP contribution in [0.5, 0.6) is 0 Å². The smallest absolute Gasteiger partial charge is 0.317 e. The van der Waals surface area contributed by atoms with E-state index >= 15 is 0 Å². The van der Waals surface area contributed by atoms with Gasteiger partial charge in [0.05, 0.1) is 0 Å². The number of carbonyl (C=O) groups is 1. The van der Waals surface area contributed by atoms with Crippen LogP contribution in [0.4, 0.5) is 4.79 Å². The zero-order valence-electron chi connectivity index (χ0n) is 14.6. The van der Waals surface area contributed by atoms with Crippen LogP contribution in [0.3, 0.4) is 0 Å². The zero-order valence-corrected chi connectivity index (χ0v) is 14.6. The van der Waals surface area contributed by atoms with E-state index in [4.69, 9.17) is 4.52 Å². The van der Waals surface area contributed by atoms with Gasteiger partial charge in [-0.1, -0.05) is 29.4 Å². The van der Waals surface area contributed by atoms with E-state index in [9.17, 15) is 4.79 Å². The number of aryl methyl sites for hydroxylation is 2. The lowest BCUT2D eigenvalue weighted by atomic mass is 9.88. The predicted molar refractivity (Wildman–Crippen MR) is 93.4 cm³/mol. The summed E-state index contributed by atoms with van der Waals surface area (Å²) in [5, 5.41) is 7.24. The van der Waals surface area contributed by atoms with Gasteiger partial charge in [0.2, 0.25) is 5.89 Å². The first-order chi connectivity index (χ1) is 12.2. The molecule has 1 aromatic heterocycles.